The quantitative estimate of drug-likeness (QED) is 0.862. The minimum Gasteiger partial charge on any atom is -0.444 e. The highest BCUT2D eigenvalue weighted by Gasteiger charge is 2.30. The lowest BCUT2D eigenvalue weighted by molar-refractivity contribution is 0.155. The molecule has 0 spiro atoms. The minimum absolute atomic E-state index is 0.100. The van der Waals surface area contributed by atoms with Gasteiger partial charge in [0.25, 0.3) is 0 Å². The zero-order valence-electron chi connectivity index (χ0n) is 12.1. The fourth-order valence-electron chi connectivity index (χ4n) is 2.44. The second-order valence-electron chi connectivity index (χ2n) is 5.17. The maximum absolute atomic E-state index is 12.0. The van der Waals surface area contributed by atoms with E-state index in [0.29, 0.717) is 16.6 Å². The Morgan fingerprint density at radius 3 is 2.65 bits per heavy atom. The maximum Gasteiger partial charge on any atom is 0.411 e. The molecule has 0 aliphatic carbocycles. The van der Waals surface area contributed by atoms with E-state index in [1.54, 1.807) is 12.1 Å². The van der Waals surface area contributed by atoms with Crippen LogP contribution >= 0.6 is 15.9 Å². The Labute approximate surface area is 142 Å². The number of carbonyl (C=O) groups is 1. The first kappa shape index (κ1) is 16.0. The Hall–Kier alpha value is -1.86. The molecule has 1 aliphatic rings. The van der Waals surface area contributed by atoms with Crippen LogP contribution in [-0.2, 0) is 27.6 Å². The zero-order valence-corrected chi connectivity index (χ0v) is 14.5. The second kappa shape index (κ2) is 6.33. The molecule has 1 amide bonds. The number of rotatable bonds is 3. The van der Waals surface area contributed by atoms with Crippen LogP contribution in [0.1, 0.15) is 11.1 Å². The number of ether oxygens (including phenoxy) is 1. The number of amides is 1. The summed E-state index contributed by atoms with van der Waals surface area (Å²) in [5.41, 5.74) is 2.02. The third-order valence-electron chi connectivity index (χ3n) is 3.58. The molecule has 0 unspecified atom stereocenters. The molecular formula is C16H14BrNO4S. The summed E-state index contributed by atoms with van der Waals surface area (Å²) in [5.74, 6) is 0.100. The van der Waals surface area contributed by atoms with E-state index in [1.807, 2.05) is 30.3 Å². The molecule has 1 N–H and O–H groups in total. The monoisotopic (exact) mass is 395 g/mol. The molecule has 0 bridgehead atoms. The average molecular weight is 396 g/mol. The number of fused-ring (bicyclic) bond motifs is 1. The van der Waals surface area contributed by atoms with E-state index in [-0.39, 0.29) is 17.3 Å². The van der Waals surface area contributed by atoms with E-state index in [2.05, 4.69) is 21.2 Å². The van der Waals surface area contributed by atoms with Gasteiger partial charge in [-0.25, -0.2) is 13.2 Å². The average Bonchev–Trinajstić information content (AvgIpc) is 2.85. The molecule has 0 aromatic heterocycles. The van der Waals surface area contributed by atoms with Gasteiger partial charge < -0.3 is 4.74 Å². The van der Waals surface area contributed by atoms with Gasteiger partial charge in [0.1, 0.15) is 6.61 Å². The van der Waals surface area contributed by atoms with Crippen molar-refractivity contribution in [3.05, 3.63) is 58.1 Å². The van der Waals surface area contributed by atoms with Crippen LogP contribution in [0, 0.1) is 0 Å². The highest BCUT2D eigenvalue weighted by Crippen LogP contribution is 2.37. The van der Waals surface area contributed by atoms with Crippen LogP contribution in [0.5, 0.6) is 0 Å². The van der Waals surface area contributed by atoms with Crippen LogP contribution in [0.4, 0.5) is 10.5 Å². The van der Waals surface area contributed by atoms with E-state index in [4.69, 9.17) is 4.74 Å². The van der Waals surface area contributed by atoms with Crippen LogP contribution in [0.2, 0.25) is 0 Å². The molecule has 0 radical (unpaired) electrons. The Morgan fingerprint density at radius 2 is 1.91 bits per heavy atom. The van der Waals surface area contributed by atoms with Gasteiger partial charge >= 0.3 is 6.09 Å². The van der Waals surface area contributed by atoms with Crippen molar-refractivity contribution in [1.82, 2.24) is 0 Å². The second-order valence-corrected chi connectivity index (χ2v) is 8.01. The lowest BCUT2D eigenvalue weighted by atomic mass is 10.1. The molecule has 3 rings (SSSR count). The Morgan fingerprint density at radius 1 is 1.17 bits per heavy atom. The Kier molecular flexibility index (Phi) is 4.41. The van der Waals surface area contributed by atoms with Gasteiger partial charge in [-0.2, -0.15) is 0 Å². The van der Waals surface area contributed by atoms with Crippen LogP contribution in [0.25, 0.3) is 0 Å². The molecule has 23 heavy (non-hydrogen) atoms. The maximum atomic E-state index is 12.0. The summed E-state index contributed by atoms with van der Waals surface area (Å²) >= 11 is 3.28. The lowest BCUT2D eigenvalue weighted by Crippen LogP contribution is -2.14. The zero-order chi connectivity index (χ0) is 16.4. The first-order valence-corrected chi connectivity index (χ1v) is 9.44. The van der Waals surface area contributed by atoms with Crippen molar-refractivity contribution in [3.8, 4) is 0 Å². The normalized spacial score (nSPS) is 15.0. The number of anilines is 1. The highest BCUT2D eigenvalue weighted by molar-refractivity contribution is 9.10. The summed E-state index contributed by atoms with van der Waals surface area (Å²) in [5, 5.41) is 2.58. The molecule has 7 heteroatoms. The van der Waals surface area contributed by atoms with Gasteiger partial charge in [0, 0.05) is 0 Å². The van der Waals surface area contributed by atoms with Crippen molar-refractivity contribution in [2.45, 2.75) is 17.9 Å². The van der Waals surface area contributed by atoms with Crippen LogP contribution < -0.4 is 5.32 Å². The molecule has 0 fully saturated rings. The van der Waals surface area contributed by atoms with Gasteiger partial charge in [-0.3, -0.25) is 5.32 Å². The lowest BCUT2D eigenvalue weighted by Gasteiger charge is -2.11. The third kappa shape index (κ3) is 3.40. The van der Waals surface area contributed by atoms with Crippen molar-refractivity contribution >= 4 is 37.5 Å². The fraction of sp³-hybridized carbons (Fsp3) is 0.188. The van der Waals surface area contributed by atoms with Crippen LogP contribution in [0.15, 0.2) is 51.8 Å². The van der Waals surface area contributed by atoms with Crippen molar-refractivity contribution in [1.29, 1.82) is 0 Å². The van der Waals surface area contributed by atoms with E-state index >= 15 is 0 Å². The number of halogens is 1. The predicted molar refractivity (Wildman–Crippen MR) is 90.1 cm³/mol. The number of nitrogens with one attached hydrogen (secondary N) is 1. The molecule has 2 aromatic carbocycles. The highest BCUT2D eigenvalue weighted by atomic mass is 79.9. The first-order valence-electron chi connectivity index (χ1n) is 6.99. The third-order valence-corrected chi connectivity index (χ3v) is 6.50. The molecule has 0 atom stereocenters. The molecule has 2 aromatic rings. The topological polar surface area (TPSA) is 72.5 Å². The molecule has 120 valence electrons. The minimum atomic E-state index is -3.29. The molecule has 0 saturated carbocycles. The van der Waals surface area contributed by atoms with E-state index in [1.165, 1.54) is 0 Å². The van der Waals surface area contributed by atoms with Crippen LogP contribution in [-0.4, -0.2) is 20.3 Å². The molecule has 0 saturated heterocycles. The predicted octanol–water partition coefficient (Wildman–Crippen LogP) is 3.53. The number of hydrogen-bond donors (Lipinski definition) is 1. The largest absolute Gasteiger partial charge is 0.444 e. The summed E-state index contributed by atoms with van der Waals surface area (Å²) in [4.78, 5) is 12.2. The van der Waals surface area contributed by atoms with E-state index in [0.717, 1.165) is 11.1 Å². The molecule has 1 aliphatic heterocycles. The van der Waals surface area contributed by atoms with Gasteiger partial charge in [0.15, 0.2) is 9.84 Å². The van der Waals surface area contributed by atoms with Crippen LogP contribution in [0.3, 0.4) is 0 Å². The molecule has 5 nitrogen and oxygen atoms in total. The van der Waals surface area contributed by atoms with Gasteiger partial charge in [0.2, 0.25) is 0 Å². The van der Waals surface area contributed by atoms with E-state index < -0.39 is 15.9 Å². The fourth-order valence-corrected chi connectivity index (χ4v) is 5.31. The van der Waals surface area contributed by atoms with Crippen molar-refractivity contribution < 1.29 is 17.9 Å². The van der Waals surface area contributed by atoms with Gasteiger partial charge in [-0.05, 0) is 39.5 Å². The van der Waals surface area contributed by atoms with Crippen molar-refractivity contribution in [2.24, 2.45) is 0 Å². The first-order chi connectivity index (χ1) is 11.0. The molecular weight excluding hydrogens is 382 g/mol. The number of sulfone groups is 1. The SMILES string of the molecule is O=C(Nc1ccc2c(c1Br)S(=O)(=O)CC2)OCc1ccccc1. The van der Waals surface area contributed by atoms with Gasteiger partial charge in [-0.1, -0.05) is 36.4 Å². The summed E-state index contributed by atoms with van der Waals surface area (Å²) < 4.78 is 29.6. The molecule has 1 heterocycles. The summed E-state index contributed by atoms with van der Waals surface area (Å²) in [6.07, 6.45) is -0.139. The number of benzene rings is 2. The smallest absolute Gasteiger partial charge is 0.411 e. The van der Waals surface area contributed by atoms with Gasteiger partial charge in [0.05, 0.1) is 20.8 Å². The van der Waals surface area contributed by atoms with Crippen molar-refractivity contribution in [3.63, 3.8) is 0 Å². The van der Waals surface area contributed by atoms with E-state index in [9.17, 15) is 13.2 Å². The standard InChI is InChI=1S/C16H14BrNO4S/c17-14-13(7-6-12-8-9-23(20,21)15(12)14)18-16(19)22-10-11-4-2-1-3-5-11/h1-7H,8-10H2,(H,18,19). The Balaban J connectivity index is 1.73. The van der Waals surface area contributed by atoms with Gasteiger partial charge in [-0.15, -0.1) is 0 Å². The number of hydrogen-bond acceptors (Lipinski definition) is 4. The summed E-state index contributed by atoms with van der Waals surface area (Å²) in [6.45, 7) is 0.146. The number of carbonyl (C=O) groups excluding carboxylic acids is 1. The van der Waals surface area contributed by atoms with Crippen molar-refractivity contribution in [2.75, 3.05) is 11.1 Å². The number of aryl methyl sites for hydroxylation is 1. The summed E-state index contributed by atoms with van der Waals surface area (Å²) in [7, 11) is -3.29. The Bertz CT molecular complexity index is 850. The summed E-state index contributed by atoms with van der Waals surface area (Å²) in [6, 6.07) is 12.7.